The van der Waals surface area contributed by atoms with Gasteiger partial charge in [0.25, 0.3) is 0 Å². The molecule has 2 aliphatic heterocycles. The molecule has 4 heteroatoms. The number of nitrogens with zero attached hydrogens (tertiary/aromatic N) is 3. The summed E-state index contributed by atoms with van der Waals surface area (Å²) in [5, 5.41) is 4.65. The molecule has 0 aromatic carbocycles. The lowest BCUT2D eigenvalue weighted by atomic mass is 9.91. The van der Waals surface area contributed by atoms with Crippen LogP contribution in [0, 0.1) is 18.8 Å². The molecule has 0 spiro atoms. The first-order valence-electron chi connectivity index (χ1n) is 8.64. The van der Waals surface area contributed by atoms with Crippen molar-refractivity contribution in [3.8, 4) is 0 Å². The van der Waals surface area contributed by atoms with Crippen molar-refractivity contribution in [2.24, 2.45) is 11.8 Å². The summed E-state index contributed by atoms with van der Waals surface area (Å²) in [4.78, 5) is 2.62. The number of aromatic nitrogens is 2. The van der Waals surface area contributed by atoms with Gasteiger partial charge in [-0.05, 0) is 57.4 Å². The maximum atomic E-state index is 5.56. The Balaban J connectivity index is 1.37. The van der Waals surface area contributed by atoms with Crippen molar-refractivity contribution in [1.82, 2.24) is 14.7 Å². The van der Waals surface area contributed by atoms with Crippen molar-refractivity contribution in [2.45, 2.75) is 51.6 Å². The number of likely N-dealkylation sites (tertiary alicyclic amines) is 1. The molecule has 2 atom stereocenters. The van der Waals surface area contributed by atoms with E-state index in [1.165, 1.54) is 56.5 Å². The molecule has 0 N–H and O–H groups in total. The van der Waals surface area contributed by atoms with E-state index in [2.05, 4.69) is 27.8 Å². The van der Waals surface area contributed by atoms with Crippen LogP contribution in [0.1, 0.15) is 49.4 Å². The second kappa shape index (κ2) is 5.73. The lowest BCUT2D eigenvalue weighted by Crippen LogP contribution is -2.24. The Morgan fingerprint density at radius 2 is 2.14 bits per heavy atom. The van der Waals surface area contributed by atoms with Gasteiger partial charge in [0.2, 0.25) is 0 Å². The van der Waals surface area contributed by atoms with Gasteiger partial charge in [-0.1, -0.05) is 0 Å². The van der Waals surface area contributed by atoms with Crippen molar-refractivity contribution in [3.05, 3.63) is 17.5 Å². The van der Waals surface area contributed by atoms with E-state index in [9.17, 15) is 0 Å². The van der Waals surface area contributed by atoms with Gasteiger partial charge in [0.1, 0.15) is 0 Å². The lowest BCUT2D eigenvalue weighted by Gasteiger charge is -2.27. The van der Waals surface area contributed by atoms with Gasteiger partial charge in [-0.2, -0.15) is 5.10 Å². The minimum Gasteiger partial charge on any atom is -0.381 e. The number of rotatable bonds is 4. The molecule has 3 heterocycles. The summed E-state index contributed by atoms with van der Waals surface area (Å²) in [6.45, 7) is 7.81. The Kier molecular flexibility index (Phi) is 3.76. The van der Waals surface area contributed by atoms with Gasteiger partial charge in [-0.3, -0.25) is 9.58 Å². The summed E-state index contributed by atoms with van der Waals surface area (Å²) >= 11 is 0. The van der Waals surface area contributed by atoms with E-state index in [0.717, 1.165) is 31.6 Å². The highest BCUT2D eigenvalue weighted by molar-refractivity contribution is 5.17. The van der Waals surface area contributed by atoms with Crippen LogP contribution in [0.4, 0.5) is 0 Å². The zero-order chi connectivity index (χ0) is 14.2. The first kappa shape index (κ1) is 13.8. The fourth-order valence-electron chi connectivity index (χ4n) is 4.17. The molecule has 1 saturated carbocycles. The highest BCUT2D eigenvalue weighted by atomic mass is 16.5. The van der Waals surface area contributed by atoms with Crippen molar-refractivity contribution < 1.29 is 4.74 Å². The van der Waals surface area contributed by atoms with Crippen LogP contribution in [-0.2, 0) is 11.3 Å². The predicted octanol–water partition coefficient (Wildman–Crippen LogP) is 2.77. The molecule has 0 amide bonds. The molecule has 3 fully saturated rings. The van der Waals surface area contributed by atoms with E-state index in [4.69, 9.17) is 4.74 Å². The Hall–Kier alpha value is -0.870. The van der Waals surface area contributed by atoms with Gasteiger partial charge in [-0.15, -0.1) is 0 Å². The molecule has 0 radical (unpaired) electrons. The molecule has 4 nitrogen and oxygen atoms in total. The second-order valence-corrected chi connectivity index (χ2v) is 7.19. The molecule has 1 aliphatic carbocycles. The maximum Gasteiger partial charge on any atom is 0.0537 e. The summed E-state index contributed by atoms with van der Waals surface area (Å²) in [6.07, 6.45) is 8.74. The minimum atomic E-state index is 0.681. The Morgan fingerprint density at radius 1 is 1.24 bits per heavy atom. The number of ether oxygens (including phenoxy) is 1. The first-order valence-corrected chi connectivity index (χ1v) is 8.64. The van der Waals surface area contributed by atoms with Crippen LogP contribution in [-0.4, -0.2) is 41.0 Å². The number of hydrogen-bond acceptors (Lipinski definition) is 3. The van der Waals surface area contributed by atoms with Gasteiger partial charge in [0.05, 0.1) is 12.2 Å². The van der Waals surface area contributed by atoms with Gasteiger partial charge >= 0.3 is 0 Å². The molecule has 2 unspecified atom stereocenters. The van der Waals surface area contributed by atoms with Crippen molar-refractivity contribution in [1.29, 1.82) is 0 Å². The van der Waals surface area contributed by atoms with Crippen LogP contribution in [0.15, 0.2) is 6.20 Å². The van der Waals surface area contributed by atoms with Crippen LogP contribution in [0.25, 0.3) is 0 Å². The average molecular weight is 289 g/mol. The normalized spacial score (nSPS) is 30.9. The molecule has 2 saturated heterocycles. The van der Waals surface area contributed by atoms with Gasteiger partial charge in [0.15, 0.2) is 0 Å². The van der Waals surface area contributed by atoms with Crippen LogP contribution in [0.2, 0.25) is 0 Å². The van der Waals surface area contributed by atoms with E-state index in [1.807, 2.05) is 0 Å². The quantitative estimate of drug-likeness (QED) is 0.854. The molecule has 1 aromatic rings. The molecular formula is C17H27N3O. The standard InChI is InChI=1S/C17H27N3O/c1-13-16(9-18-20(13)17-3-2-4-17)11-19-7-5-14(10-19)15-6-8-21-12-15/h9,14-15,17H,2-8,10-12H2,1H3. The summed E-state index contributed by atoms with van der Waals surface area (Å²) in [6, 6.07) is 0.681. The van der Waals surface area contributed by atoms with E-state index >= 15 is 0 Å². The van der Waals surface area contributed by atoms with Crippen LogP contribution >= 0.6 is 0 Å². The molecular weight excluding hydrogens is 262 g/mol. The molecule has 116 valence electrons. The summed E-state index contributed by atoms with van der Waals surface area (Å²) in [7, 11) is 0. The highest BCUT2D eigenvalue weighted by Crippen LogP contribution is 2.34. The second-order valence-electron chi connectivity index (χ2n) is 7.19. The fourth-order valence-corrected chi connectivity index (χ4v) is 4.17. The third-order valence-corrected chi connectivity index (χ3v) is 5.90. The van der Waals surface area contributed by atoms with Gasteiger partial charge in [-0.25, -0.2) is 0 Å². The van der Waals surface area contributed by atoms with E-state index < -0.39 is 0 Å². The van der Waals surface area contributed by atoms with Crippen molar-refractivity contribution >= 4 is 0 Å². The van der Waals surface area contributed by atoms with E-state index in [-0.39, 0.29) is 0 Å². The third kappa shape index (κ3) is 2.64. The highest BCUT2D eigenvalue weighted by Gasteiger charge is 2.32. The van der Waals surface area contributed by atoms with Crippen LogP contribution < -0.4 is 0 Å². The Bertz CT molecular complexity index is 488. The minimum absolute atomic E-state index is 0.681. The molecule has 4 rings (SSSR count). The third-order valence-electron chi connectivity index (χ3n) is 5.90. The molecule has 21 heavy (non-hydrogen) atoms. The van der Waals surface area contributed by atoms with Crippen LogP contribution in [0.5, 0.6) is 0 Å². The van der Waals surface area contributed by atoms with Gasteiger partial charge < -0.3 is 4.74 Å². The smallest absolute Gasteiger partial charge is 0.0537 e. The summed E-state index contributed by atoms with van der Waals surface area (Å²) in [5.74, 6) is 1.67. The van der Waals surface area contributed by atoms with E-state index in [1.54, 1.807) is 0 Å². The van der Waals surface area contributed by atoms with Crippen molar-refractivity contribution in [3.63, 3.8) is 0 Å². The Labute approximate surface area is 127 Å². The van der Waals surface area contributed by atoms with E-state index in [0.29, 0.717) is 6.04 Å². The topological polar surface area (TPSA) is 30.3 Å². The largest absolute Gasteiger partial charge is 0.381 e. The SMILES string of the molecule is Cc1c(CN2CCC(C3CCOC3)C2)cnn1C1CCC1. The average Bonchev–Trinajstić information content (AvgIpc) is 3.13. The van der Waals surface area contributed by atoms with Gasteiger partial charge in [0, 0.05) is 37.6 Å². The predicted molar refractivity (Wildman–Crippen MR) is 82.2 cm³/mol. The number of hydrogen-bond donors (Lipinski definition) is 0. The zero-order valence-corrected chi connectivity index (χ0v) is 13.1. The fraction of sp³-hybridized carbons (Fsp3) is 0.824. The zero-order valence-electron chi connectivity index (χ0n) is 13.1. The lowest BCUT2D eigenvalue weighted by molar-refractivity contribution is 0.171. The molecule has 3 aliphatic rings. The monoisotopic (exact) mass is 289 g/mol. The molecule has 1 aromatic heterocycles. The summed E-state index contributed by atoms with van der Waals surface area (Å²) < 4.78 is 7.83. The first-order chi connectivity index (χ1) is 10.3. The summed E-state index contributed by atoms with van der Waals surface area (Å²) in [5.41, 5.74) is 2.83. The van der Waals surface area contributed by atoms with Crippen LogP contribution in [0.3, 0.4) is 0 Å². The maximum absolute atomic E-state index is 5.56. The van der Waals surface area contributed by atoms with Crippen molar-refractivity contribution in [2.75, 3.05) is 26.3 Å². The molecule has 0 bridgehead atoms. The Morgan fingerprint density at radius 3 is 2.86 bits per heavy atom.